The predicted octanol–water partition coefficient (Wildman–Crippen LogP) is 5.14. The molecule has 1 aliphatic rings. The van der Waals surface area contributed by atoms with Gasteiger partial charge < -0.3 is 10.1 Å². The molecule has 1 atom stereocenters. The van der Waals surface area contributed by atoms with E-state index < -0.39 is 0 Å². The van der Waals surface area contributed by atoms with E-state index in [1.165, 1.54) is 6.07 Å². The summed E-state index contributed by atoms with van der Waals surface area (Å²) in [5.41, 5.74) is 2.49. The van der Waals surface area contributed by atoms with Crippen molar-refractivity contribution in [2.24, 2.45) is 0 Å². The van der Waals surface area contributed by atoms with Crippen molar-refractivity contribution in [1.29, 1.82) is 0 Å². The maximum Gasteiger partial charge on any atom is 0.260 e. The molecule has 4 aromatic rings. The molecule has 6 nitrogen and oxygen atoms in total. The lowest BCUT2D eigenvalue weighted by Crippen LogP contribution is -2.24. The Bertz CT molecular complexity index is 1400. The van der Waals surface area contributed by atoms with Crippen molar-refractivity contribution in [1.82, 2.24) is 14.5 Å². The predicted molar refractivity (Wildman–Crippen MR) is 128 cm³/mol. The number of nitrogens with one attached hydrogen (secondary N) is 1. The second kappa shape index (κ2) is 8.92. The third-order valence-corrected chi connectivity index (χ3v) is 6.16. The fourth-order valence-corrected chi connectivity index (χ4v) is 4.42. The quantitative estimate of drug-likeness (QED) is 0.443. The average molecular weight is 465 g/mol. The number of fused-ring (bicyclic) bond motifs is 1. The zero-order valence-electron chi connectivity index (χ0n) is 18.0. The van der Waals surface area contributed by atoms with Crippen molar-refractivity contribution < 1.29 is 9.13 Å². The summed E-state index contributed by atoms with van der Waals surface area (Å²) in [7, 11) is 0. The van der Waals surface area contributed by atoms with Gasteiger partial charge in [0.05, 0.1) is 12.6 Å². The standard InChI is InChI=1S/C25H22ClFN4O2/c1-2-31-23-16(13-28-25(30-23)29-17-9-10-33-14-17)11-20(24(31)32)19-8-7-15(12-21(19)26)18-5-3-4-6-22(18)27/h3-8,11-13,17H,2,9-10,14H2,1H3,(H,28,29,30). The van der Waals surface area contributed by atoms with Crippen molar-refractivity contribution >= 4 is 28.6 Å². The first-order valence-electron chi connectivity index (χ1n) is 10.8. The number of nitrogens with zero attached hydrogens (tertiary/aromatic N) is 3. The smallest absolute Gasteiger partial charge is 0.260 e. The Balaban J connectivity index is 1.57. The summed E-state index contributed by atoms with van der Waals surface area (Å²) >= 11 is 6.58. The number of hydrogen-bond acceptors (Lipinski definition) is 5. The number of hydrogen-bond donors (Lipinski definition) is 1. The van der Waals surface area contributed by atoms with E-state index in [1.807, 2.05) is 6.92 Å². The summed E-state index contributed by atoms with van der Waals surface area (Å²) in [5, 5.41) is 4.37. The monoisotopic (exact) mass is 464 g/mol. The maximum atomic E-state index is 14.2. The minimum atomic E-state index is -0.328. The van der Waals surface area contributed by atoms with Crippen molar-refractivity contribution in [3.05, 3.63) is 75.9 Å². The van der Waals surface area contributed by atoms with Crippen molar-refractivity contribution in [2.45, 2.75) is 25.9 Å². The van der Waals surface area contributed by atoms with Gasteiger partial charge in [0.2, 0.25) is 5.95 Å². The highest BCUT2D eigenvalue weighted by molar-refractivity contribution is 6.33. The minimum Gasteiger partial charge on any atom is -0.379 e. The van der Waals surface area contributed by atoms with Gasteiger partial charge in [-0.05, 0) is 37.1 Å². The maximum absolute atomic E-state index is 14.2. The molecule has 8 heteroatoms. The molecule has 0 bridgehead atoms. The molecule has 0 spiro atoms. The summed E-state index contributed by atoms with van der Waals surface area (Å²) in [4.78, 5) is 22.4. The molecule has 168 valence electrons. The summed E-state index contributed by atoms with van der Waals surface area (Å²) in [6.07, 6.45) is 2.60. The number of ether oxygens (including phenoxy) is 1. The van der Waals surface area contributed by atoms with E-state index in [4.69, 9.17) is 16.3 Å². The second-order valence-corrected chi connectivity index (χ2v) is 8.37. The molecule has 5 rings (SSSR count). The fraction of sp³-hybridized carbons (Fsp3) is 0.240. The number of pyridine rings is 1. The highest BCUT2D eigenvalue weighted by atomic mass is 35.5. The number of rotatable bonds is 5. The second-order valence-electron chi connectivity index (χ2n) is 7.96. The van der Waals surface area contributed by atoms with Crippen LogP contribution in [0, 0.1) is 5.82 Å². The van der Waals surface area contributed by atoms with Gasteiger partial charge in [-0.1, -0.05) is 41.9 Å². The Morgan fingerprint density at radius 3 is 2.76 bits per heavy atom. The van der Waals surface area contributed by atoms with Gasteiger partial charge in [0.25, 0.3) is 5.56 Å². The van der Waals surface area contributed by atoms with Crippen LogP contribution in [-0.4, -0.2) is 33.8 Å². The van der Waals surface area contributed by atoms with Gasteiger partial charge >= 0.3 is 0 Å². The first-order chi connectivity index (χ1) is 16.0. The SMILES string of the molecule is CCn1c(=O)c(-c2ccc(-c3ccccc3F)cc2Cl)cc2cnc(NC3CCOC3)nc21. The molecule has 1 unspecified atom stereocenters. The molecule has 1 fully saturated rings. The van der Waals surface area contributed by atoms with E-state index in [2.05, 4.69) is 15.3 Å². The van der Waals surface area contributed by atoms with Gasteiger partial charge in [0.1, 0.15) is 11.5 Å². The molecular formula is C25H22ClFN4O2. The van der Waals surface area contributed by atoms with Gasteiger partial charge in [-0.25, -0.2) is 9.37 Å². The summed E-state index contributed by atoms with van der Waals surface area (Å²) in [5.74, 6) is 0.144. The number of halogens is 2. The van der Waals surface area contributed by atoms with Crippen LogP contribution in [0.15, 0.2) is 59.5 Å². The summed E-state index contributed by atoms with van der Waals surface area (Å²) in [6.45, 7) is 3.66. The molecule has 2 aromatic carbocycles. The van der Waals surface area contributed by atoms with Crippen LogP contribution in [0.25, 0.3) is 33.3 Å². The van der Waals surface area contributed by atoms with E-state index in [1.54, 1.807) is 53.2 Å². The van der Waals surface area contributed by atoms with Crippen LogP contribution >= 0.6 is 11.6 Å². The number of aromatic nitrogens is 3. The van der Waals surface area contributed by atoms with Crippen LogP contribution in [0.1, 0.15) is 13.3 Å². The van der Waals surface area contributed by atoms with E-state index in [-0.39, 0.29) is 17.4 Å². The summed E-state index contributed by atoms with van der Waals surface area (Å²) in [6, 6.07) is 13.6. The Hall–Kier alpha value is -3.29. The van der Waals surface area contributed by atoms with E-state index in [0.29, 0.717) is 58.6 Å². The Morgan fingerprint density at radius 2 is 2.03 bits per heavy atom. The lowest BCUT2D eigenvalue weighted by Gasteiger charge is -2.15. The van der Waals surface area contributed by atoms with Crippen LogP contribution in [0.3, 0.4) is 0 Å². The van der Waals surface area contributed by atoms with Crippen LogP contribution in [0.4, 0.5) is 10.3 Å². The van der Waals surface area contributed by atoms with Gasteiger partial charge in [0, 0.05) is 46.4 Å². The minimum absolute atomic E-state index is 0.162. The Kier molecular flexibility index (Phi) is 5.83. The van der Waals surface area contributed by atoms with Crippen LogP contribution in [0.5, 0.6) is 0 Å². The lowest BCUT2D eigenvalue weighted by atomic mass is 10.00. The molecule has 33 heavy (non-hydrogen) atoms. The highest BCUT2D eigenvalue weighted by Crippen LogP contribution is 2.33. The van der Waals surface area contributed by atoms with Gasteiger partial charge in [-0.3, -0.25) is 9.36 Å². The third-order valence-electron chi connectivity index (χ3n) is 5.85. The van der Waals surface area contributed by atoms with Crippen molar-refractivity contribution in [3.8, 4) is 22.3 Å². The van der Waals surface area contributed by atoms with Gasteiger partial charge in [0.15, 0.2) is 0 Å². The van der Waals surface area contributed by atoms with Crippen molar-refractivity contribution in [2.75, 3.05) is 18.5 Å². The fourth-order valence-electron chi connectivity index (χ4n) is 4.14. The third kappa shape index (κ3) is 4.10. The van der Waals surface area contributed by atoms with Gasteiger partial charge in [-0.2, -0.15) is 4.98 Å². The summed E-state index contributed by atoms with van der Waals surface area (Å²) < 4.78 is 21.2. The number of benzene rings is 2. The van der Waals surface area contributed by atoms with Crippen LogP contribution < -0.4 is 10.9 Å². The zero-order chi connectivity index (χ0) is 22.9. The number of aryl methyl sites for hydroxylation is 1. The van der Waals surface area contributed by atoms with E-state index >= 15 is 0 Å². The Labute approximate surface area is 195 Å². The van der Waals surface area contributed by atoms with Crippen LogP contribution in [0.2, 0.25) is 5.02 Å². The molecular weight excluding hydrogens is 443 g/mol. The normalized spacial score (nSPS) is 15.8. The van der Waals surface area contributed by atoms with Crippen LogP contribution in [-0.2, 0) is 11.3 Å². The zero-order valence-corrected chi connectivity index (χ0v) is 18.8. The molecule has 1 N–H and O–H groups in total. The molecule has 1 aliphatic heterocycles. The van der Waals surface area contributed by atoms with Gasteiger partial charge in [-0.15, -0.1) is 0 Å². The molecule has 0 amide bonds. The molecule has 0 aliphatic carbocycles. The van der Waals surface area contributed by atoms with Crippen molar-refractivity contribution in [3.63, 3.8) is 0 Å². The topological polar surface area (TPSA) is 69.0 Å². The number of anilines is 1. The first kappa shape index (κ1) is 21.6. The Morgan fingerprint density at radius 1 is 1.18 bits per heavy atom. The lowest BCUT2D eigenvalue weighted by molar-refractivity contribution is 0.195. The first-order valence-corrected chi connectivity index (χ1v) is 11.2. The highest BCUT2D eigenvalue weighted by Gasteiger charge is 2.19. The molecule has 0 saturated carbocycles. The average Bonchev–Trinajstić information content (AvgIpc) is 3.32. The molecule has 3 heterocycles. The van der Waals surface area contributed by atoms with E-state index in [9.17, 15) is 9.18 Å². The molecule has 1 saturated heterocycles. The molecule has 2 aromatic heterocycles. The molecule has 0 radical (unpaired) electrons. The largest absolute Gasteiger partial charge is 0.379 e. The van der Waals surface area contributed by atoms with E-state index in [0.717, 1.165) is 11.8 Å².